The average Bonchev–Trinajstić information content (AvgIpc) is 2.89. The lowest BCUT2D eigenvalue weighted by atomic mass is 10.2. The minimum atomic E-state index is -4.60. The van der Waals surface area contributed by atoms with Gasteiger partial charge < -0.3 is 5.32 Å². The van der Waals surface area contributed by atoms with Crippen molar-refractivity contribution in [3.63, 3.8) is 0 Å². The van der Waals surface area contributed by atoms with Gasteiger partial charge in [-0.15, -0.1) is 0 Å². The Balaban J connectivity index is 2.42. The summed E-state index contributed by atoms with van der Waals surface area (Å²) in [6, 6.07) is 2.46. The highest BCUT2D eigenvalue weighted by molar-refractivity contribution is 9.10. The van der Waals surface area contributed by atoms with Crippen LogP contribution in [0, 0.1) is 0 Å². The van der Waals surface area contributed by atoms with Gasteiger partial charge in [0.05, 0.1) is 10.5 Å². The van der Waals surface area contributed by atoms with Gasteiger partial charge in [0.25, 0.3) is 0 Å². The van der Waals surface area contributed by atoms with Crippen molar-refractivity contribution in [3.8, 4) is 0 Å². The van der Waals surface area contributed by atoms with Crippen LogP contribution in [0.2, 0.25) is 0 Å². The van der Waals surface area contributed by atoms with Crippen molar-refractivity contribution in [2.24, 2.45) is 0 Å². The van der Waals surface area contributed by atoms with Gasteiger partial charge in [-0.25, -0.2) is 8.42 Å². The molecular formula is C12H14BrF3N2O2S. The smallest absolute Gasteiger partial charge is 0.315 e. The van der Waals surface area contributed by atoms with Gasteiger partial charge in [0.1, 0.15) is 0 Å². The van der Waals surface area contributed by atoms with Crippen molar-refractivity contribution in [3.05, 3.63) is 28.2 Å². The van der Waals surface area contributed by atoms with Crippen LogP contribution in [-0.2, 0) is 16.2 Å². The highest BCUT2D eigenvalue weighted by Crippen LogP contribution is 2.34. The molecule has 0 radical (unpaired) electrons. The summed E-state index contributed by atoms with van der Waals surface area (Å²) in [5, 5.41) is 3.03. The van der Waals surface area contributed by atoms with E-state index >= 15 is 0 Å². The maximum atomic E-state index is 12.8. The van der Waals surface area contributed by atoms with E-state index in [1.54, 1.807) is 0 Å². The van der Waals surface area contributed by atoms with E-state index in [9.17, 15) is 21.6 Å². The van der Waals surface area contributed by atoms with E-state index in [2.05, 4.69) is 21.2 Å². The molecule has 21 heavy (non-hydrogen) atoms. The van der Waals surface area contributed by atoms with Crippen LogP contribution in [-0.4, -0.2) is 38.9 Å². The molecule has 1 heterocycles. The second-order valence-electron chi connectivity index (χ2n) is 4.84. The lowest BCUT2D eigenvalue weighted by Crippen LogP contribution is -2.38. The first-order chi connectivity index (χ1) is 9.62. The molecule has 1 aliphatic heterocycles. The first-order valence-electron chi connectivity index (χ1n) is 6.19. The molecule has 9 heteroatoms. The molecule has 0 aliphatic carbocycles. The normalized spacial score (nSPS) is 20.2. The standard InChI is InChI=1S/C12H14BrF3N2O2S/c1-18(10-2-3-17-7-10)21(19,20)11-5-8(12(14,15)16)4-9(13)6-11/h4-6,10,17H,2-3,7H2,1H3. The Morgan fingerprint density at radius 1 is 1.33 bits per heavy atom. The van der Waals surface area contributed by atoms with Gasteiger partial charge in [-0.3, -0.25) is 0 Å². The maximum absolute atomic E-state index is 12.8. The molecule has 1 aromatic rings. The first kappa shape index (κ1) is 16.7. The molecule has 1 aromatic carbocycles. The number of alkyl halides is 3. The molecule has 4 nitrogen and oxygen atoms in total. The quantitative estimate of drug-likeness (QED) is 0.867. The summed E-state index contributed by atoms with van der Waals surface area (Å²) in [7, 11) is -2.57. The molecule has 1 aliphatic rings. The fourth-order valence-electron chi connectivity index (χ4n) is 2.19. The molecule has 0 amide bonds. The van der Waals surface area contributed by atoms with Gasteiger partial charge in [-0.1, -0.05) is 15.9 Å². The highest BCUT2D eigenvalue weighted by Gasteiger charge is 2.35. The number of likely N-dealkylation sites (N-methyl/N-ethyl adjacent to an activating group) is 1. The zero-order valence-electron chi connectivity index (χ0n) is 11.1. The Kier molecular flexibility index (Phi) is 4.67. The Bertz CT molecular complexity index is 628. The summed E-state index contributed by atoms with van der Waals surface area (Å²) in [5.74, 6) is 0. The SMILES string of the molecule is CN(C1CCNC1)S(=O)(=O)c1cc(Br)cc(C(F)(F)F)c1. The van der Waals surface area contributed by atoms with E-state index in [1.165, 1.54) is 13.1 Å². The fourth-order valence-corrected chi connectivity index (χ4v) is 4.29. The van der Waals surface area contributed by atoms with Crippen molar-refractivity contribution < 1.29 is 21.6 Å². The van der Waals surface area contributed by atoms with Crippen LogP contribution in [0.1, 0.15) is 12.0 Å². The molecular weight excluding hydrogens is 373 g/mol. The third kappa shape index (κ3) is 3.58. The summed E-state index contributed by atoms with van der Waals surface area (Å²) in [5.41, 5.74) is -0.992. The van der Waals surface area contributed by atoms with Gasteiger partial charge in [-0.05, 0) is 31.2 Å². The van der Waals surface area contributed by atoms with Crippen molar-refractivity contribution >= 4 is 26.0 Å². The Morgan fingerprint density at radius 2 is 2.00 bits per heavy atom. The summed E-state index contributed by atoms with van der Waals surface area (Å²) in [6.45, 7) is 1.19. The van der Waals surface area contributed by atoms with Crippen LogP contribution in [0.3, 0.4) is 0 Å². The number of hydrogen-bond donors (Lipinski definition) is 1. The second-order valence-corrected chi connectivity index (χ2v) is 7.75. The summed E-state index contributed by atoms with van der Waals surface area (Å²) in [4.78, 5) is -0.362. The van der Waals surface area contributed by atoms with Gasteiger partial charge in [0.15, 0.2) is 0 Å². The molecule has 1 unspecified atom stereocenters. The van der Waals surface area contributed by atoms with Crippen LogP contribution < -0.4 is 5.32 Å². The number of sulfonamides is 1. The molecule has 0 spiro atoms. The van der Waals surface area contributed by atoms with E-state index in [1.807, 2.05) is 0 Å². The van der Waals surface area contributed by atoms with E-state index in [-0.39, 0.29) is 15.4 Å². The lowest BCUT2D eigenvalue weighted by molar-refractivity contribution is -0.137. The van der Waals surface area contributed by atoms with Crippen LogP contribution in [0.25, 0.3) is 0 Å². The monoisotopic (exact) mass is 386 g/mol. The fraction of sp³-hybridized carbons (Fsp3) is 0.500. The molecule has 2 rings (SSSR count). The van der Waals surface area contributed by atoms with Crippen LogP contribution in [0.15, 0.2) is 27.6 Å². The molecule has 0 aromatic heterocycles. The van der Waals surface area contributed by atoms with E-state index < -0.39 is 21.8 Å². The van der Waals surface area contributed by atoms with Gasteiger partial charge in [-0.2, -0.15) is 17.5 Å². The topological polar surface area (TPSA) is 49.4 Å². The summed E-state index contributed by atoms with van der Waals surface area (Å²) >= 11 is 2.94. The predicted octanol–water partition coefficient (Wildman–Crippen LogP) is 2.45. The van der Waals surface area contributed by atoms with E-state index in [0.29, 0.717) is 25.6 Å². The zero-order chi connectivity index (χ0) is 15.8. The maximum Gasteiger partial charge on any atom is 0.416 e. The van der Waals surface area contributed by atoms with Crippen LogP contribution in [0.4, 0.5) is 13.2 Å². The van der Waals surface area contributed by atoms with Gasteiger partial charge in [0, 0.05) is 24.1 Å². The van der Waals surface area contributed by atoms with E-state index in [0.717, 1.165) is 10.4 Å². The number of hydrogen-bond acceptors (Lipinski definition) is 3. The number of nitrogens with one attached hydrogen (secondary N) is 1. The summed E-state index contributed by atoms with van der Waals surface area (Å²) < 4.78 is 64.5. The average molecular weight is 387 g/mol. The number of halogens is 4. The van der Waals surface area contributed by atoms with Crippen molar-refractivity contribution in [2.75, 3.05) is 20.1 Å². The predicted molar refractivity (Wildman–Crippen MR) is 75.4 cm³/mol. The Hall–Kier alpha value is -0.640. The van der Waals surface area contributed by atoms with Gasteiger partial charge in [0.2, 0.25) is 10.0 Å². The van der Waals surface area contributed by atoms with Crippen molar-refractivity contribution in [1.29, 1.82) is 0 Å². The van der Waals surface area contributed by atoms with Crippen LogP contribution in [0.5, 0.6) is 0 Å². The molecule has 1 fully saturated rings. The number of rotatable bonds is 3. The zero-order valence-corrected chi connectivity index (χ0v) is 13.5. The largest absolute Gasteiger partial charge is 0.416 e. The third-order valence-electron chi connectivity index (χ3n) is 3.42. The molecule has 118 valence electrons. The highest BCUT2D eigenvalue weighted by atomic mass is 79.9. The molecule has 0 saturated carbocycles. The number of nitrogens with zero attached hydrogens (tertiary/aromatic N) is 1. The van der Waals surface area contributed by atoms with Crippen molar-refractivity contribution in [2.45, 2.75) is 23.5 Å². The number of benzene rings is 1. The van der Waals surface area contributed by atoms with Crippen LogP contribution >= 0.6 is 15.9 Å². The molecule has 0 bridgehead atoms. The van der Waals surface area contributed by atoms with Gasteiger partial charge >= 0.3 is 6.18 Å². The lowest BCUT2D eigenvalue weighted by Gasteiger charge is -2.23. The van der Waals surface area contributed by atoms with Crippen molar-refractivity contribution in [1.82, 2.24) is 9.62 Å². The first-order valence-corrected chi connectivity index (χ1v) is 8.42. The molecule has 1 atom stereocenters. The minimum absolute atomic E-state index is 0.0776. The summed E-state index contributed by atoms with van der Waals surface area (Å²) in [6.07, 6.45) is -3.96. The molecule has 1 saturated heterocycles. The molecule has 1 N–H and O–H groups in total. The Labute approximate surface area is 129 Å². The minimum Gasteiger partial charge on any atom is -0.315 e. The third-order valence-corrected chi connectivity index (χ3v) is 5.77. The van der Waals surface area contributed by atoms with E-state index in [4.69, 9.17) is 0 Å². The second kappa shape index (κ2) is 5.86. The Morgan fingerprint density at radius 3 is 2.52 bits per heavy atom.